The summed E-state index contributed by atoms with van der Waals surface area (Å²) in [5, 5.41) is 12.0. The summed E-state index contributed by atoms with van der Waals surface area (Å²) in [6.45, 7) is 4.60. The number of aryl methyl sites for hydroxylation is 2. The van der Waals surface area contributed by atoms with Crippen LogP contribution in [-0.4, -0.2) is 0 Å². The second-order valence-corrected chi connectivity index (χ2v) is 7.51. The van der Waals surface area contributed by atoms with E-state index in [4.69, 9.17) is 4.74 Å². The highest BCUT2D eigenvalue weighted by Gasteiger charge is 2.10. The van der Waals surface area contributed by atoms with E-state index >= 15 is 0 Å². The van der Waals surface area contributed by atoms with Gasteiger partial charge in [0.15, 0.2) is 0 Å². The molecule has 0 atom stereocenters. The average molecular weight is 389 g/mol. The van der Waals surface area contributed by atoms with Crippen molar-refractivity contribution in [2.75, 3.05) is 0 Å². The molecule has 0 aliphatic carbocycles. The van der Waals surface area contributed by atoms with Crippen molar-refractivity contribution in [1.82, 2.24) is 0 Å². The first-order valence-electron chi connectivity index (χ1n) is 10.0. The molecule has 4 rings (SSSR count). The van der Waals surface area contributed by atoms with Crippen molar-refractivity contribution in [3.05, 3.63) is 113 Å². The minimum absolute atomic E-state index is 0.478. The monoisotopic (exact) mass is 389 g/mol. The van der Waals surface area contributed by atoms with E-state index in [1.807, 2.05) is 55.5 Å². The Balaban J connectivity index is 1.77. The van der Waals surface area contributed by atoms with Crippen LogP contribution < -0.4 is 4.74 Å². The molecular weight excluding hydrogens is 366 g/mol. The molecule has 4 aromatic rings. The lowest BCUT2D eigenvalue weighted by Crippen LogP contribution is -1.98. The van der Waals surface area contributed by atoms with E-state index in [2.05, 4.69) is 55.5 Å². The molecule has 0 heterocycles. The highest BCUT2D eigenvalue weighted by atomic mass is 16.5. The molecule has 0 spiro atoms. The van der Waals surface area contributed by atoms with Gasteiger partial charge in [-0.15, -0.1) is 0 Å². The molecule has 0 amide bonds. The Morgan fingerprint density at radius 1 is 0.833 bits per heavy atom. The lowest BCUT2D eigenvalue weighted by Gasteiger charge is -2.13. The van der Waals surface area contributed by atoms with Gasteiger partial charge >= 0.3 is 0 Å². The van der Waals surface area contributed by atoms with Crippen LogP contribution in [0.2, 0.25) is 0 Å². The third kappa shape index (κ3) is 4.26. The Morgan fingerprint density at radius 2 is 1.50 bits per heavy atom. The summed E-state index contributed by atoms with van der Waals surface area (Å²) in [4.78, 5) is 0. The smallest absolute Gasteiger partial charge is 0.127 e. The van der Waals surface area contributed by atoms with E-state index in [0.29, 0.717) is 12.2 Å². The second-order valence-electron chi connectivity index (χ2n) is 7.51. The van der Waals surface area contributed by atoms with Gasteiger partial charge in [-0.1, -0.05) is 90.0 Å². The van der Waals surface area contributed by atoms with Crippen LogP contribution in [0.1, 0.15) is 27.8 Å². The Labute approximate surface area is 177 Å². The number of hydrogen-bond donors (Lipinski definition) is 0. The van der Waals surface area contributed by atoms with Crippen molar-refractivity contribution in [1.29, 1.82) is 5.26 Å². The maximum absolute atomic E-state index is 9.85. The second kappa shape index (κ2) is 8.68. The van der Waals surface area contributed by atoms with Gasteiger partial charge in [-0.05, 0) is 47.9 Å². The first-order valence-corrected chi connectivity index (χ1v) is 10.0. The summed E-state index contributed by atoms with van der Waals surface area (Å²) in [5.74, 6) is 0.772. The highest BCUT2D eigenvalue weighted by molar-refractivity contribution is 6.00. The molecule has 0 radical (unpaired) electrons. The van der Waals surface area contributed by atoms with Crippen molar-refractivity contribution >= 4 is 22.4 Å². The Hall–Kier alpha value is -3.83. The van der Waals surface area contributed by atoms with E-state index < -0.39 is 0 Å². The predicted octanol–water partition coefficient (Wildman–Crippen LogP) is 7.10. The molecule has 0 N–H and O–H groups in total. The molecule has 4 aromatic carbocycles. The summed E-state index contributed by atoms with van der Waals surface area (Å²) in [6.07, 6.45) is 1.94. The van der Waals surface area contributed by atoms with Gasteiger partial charge in [-0.2, -0.15) is 5.26 Å². The molecule has 0 saturated heterocycles. The van der Waals surface area contributed by atoms with Crippen LogP contribution in [-0.2, 0) is 6.61 Å². The maximum atomic E-state index is 9.85. The number of ether oxygens (including phenoxy) is 1. The van der Waals surface area contributed by atoms with Crippen LogP contribution in [0.3, 0.4) is 0 Å². The first-order chi connectivity index (χ1) is 14.6. The van der Waals surface area contributed by atoms with Crippen LogP contribution in [0.4, 0.5) is 0 Å². The standard InChI is InChI=1S/C28H23NO/c1-20-7-11-22(12-8-20)19-30-28-16-15-24-5-3-4-6-26(24)27(28)17-25(18-29)23-13-9-21(2)10-14-23/h3-17H,19H2,1-2H3/b25-17+. The Bertz CT molecular complexity index is 1240. The molecule has 0 fully saturated rings. The van der Waals surface area contributed by atoms with E-state index in [-0.39, 0.29) is 0 Å². The molecule has 2 heteroatoms. The number of rotatable bonds is 5. The van der Waals surface area contributed by atoms with Crippen LogP contribution in [0, 0.1) is 25.2 Å². The third-order valence-electron chi connectivity index (χ3n) is 5.22. The lowest BCUT2D eigenvalue weighted by atomic mass is 9.98. The average Bonchev–Trinajstić information content (AvgIpc) is 2.78. The fourth-order valence-corrected chi connectivity index (χ4v) is 3.45. The molecule has 146 valence electrons. The third-order valence-corrected chi connectivity index (χ3v) is 5.22. The van der Waals surface area contributed by atoms with Crippen molar-refractivity contribution in [3.8, 4) is 11.8 Å². The lowest BCUT2D eigenvalue weighted by molar-refractivity contribution is 0.306. The van der Waals surface area contributed by atoms with Crippen LogP contribution in [0.5, 0.6) is 5.75 Å². The number of benzene rings is 4. The van der Waals surface area contributed by atoms with Crippen molar-refractivity contribution < 1.29 is 4.74 Å². The number of nitrogens with zero attached hydrogens (tertiary/aromatic N) is 1. The summed E-state index contributed by atoms with van der Waals surface area (Å²) in [6, 6.07) is 31.0. The molecule has 0 aromatic heterocycles. The summed E-state index contributed by atoms with van der Waals surface area (Å²) >= 11 is 0. The SMILES string of the molecule is Cc1ccc(COc2ccc3ccccc3c2/C=C(\C#N)c2ccc(C)cc2)cc1. The topological polar surface area (TPSA) is 33.0 Å². The molecular formula is C28H23NO. The van der Waals surface area contributed by atoms with Crippen LogP contribution in [0.15, 0.2) is 84.9 Å². The van der Waals surface area contributed by atoms with Gasteiger partial charge in [0.2, 0.25) is 0 Å². The molecule has 0 aliphatic rings. The summed E-state index contributed by atoms with van der Waals surface area (Å²) < 4.78 is 6.22. The predicted molar refractivity (Wildman–Crippen MR) is 124 cm³/mol. The highest BCUT2D eigenvalue weighted by Crippen LogP contribution is 2.32. The summed E-state index contributed by atoms with van der Waals surface area (Å²) in [7, 11) is 0. The van der Waals surface area contributed by atoms with Gasteiger partial charge in [-0.3, -0.25) is 0 Å². The normalized spacial score (nSPS) is 11.3. The number of hydrogen-bond acceptors (Lipinski definition) is 2. The van der Waals surface area contributed by atoms with E-state index in [0.717, 1.165) is 33.2 Å². The minimum atomic E-state index is 0.478. The molecule has 0 bridgehead atoms. The summed E-state index contributed by atoms with van der Waals surface area (Å²) in [5.41, 5.74) is 5.96. The number of fused-ring (bicyclic) bond motifs is 1. The quantitative estimate of drug-likeness (QED) is 0.269. The zero-order chi connectivity index (χ0) is 20.9. The largest absolute Gasteiger partial charge is 0.488 e. The zero-order valence-corrected chi connectivity index (χ0v) is 17.2. The number of allylic oxidation sites excluding steroid dienone is 1. The molecule has 2 nitrogen and oxygen atoms in total. The van der Waals surface area contributed by atoms with Crippen molar-refractivity contribution in [2.24, 2.45) is 0 Å². The molecule has 0 aliphatic heterocycles. The molecule has 30 heavy (non-hydrogen) atoms. The van der Waals surface area contributed by atoms with Gasteiger partial charge < -0.3 is 4.74 Å². The fourth-order valence-electron chi connectivity index (χ4n) is 3.45. The van der Waals surface area contributed by atoms with Crippen LogP contribution >= 0.6 is 0 Å². The van der Waals surface area contributed by atoms with Gasteiger partial charge in [0.1, 0.15) is 12.4 Å². The van der Waals surface area contributed by atoms with Gasteiger partial charge in [-0.25, -0.2) is 0 Å². The number of nitriles is 1. The first kappa shape index (κ1) is 19.5. The molecule has 0 unspecified atom stereocenters. The fraction of sp³-hybridized carbons (Fsp3) is 0.107. The Morgan fingerprint density at radius 3 is 2.20 bits per heavy atom. The van der Waals surface area contributed by atoms with E-state index in [1.54, 1.807) is 0 Å². The minimum Gasteiger partial charge on any atom is -0.488 e. The van der Waals surface area contributed by atoms with E-state index in [1.165, 1.54) is 11.1 Å². The zero-order valence-electron chi connectivity index (χ0n) is 17.2. The van der Waals surface area contributed by atoms with Crippen LogP contribution in [0.25, 0.3) is 22.4 Å². The van der Waals surface area contributed by atoms with Crippen molar-refractivity contribution in [3.63, 3.8) is 0 Å². The molecule has 0 saturated carbocycles. The van der Waals surface area contributed by atoms with Gasteiger partial charge in [0.25, 0.3) is 0 Å². The van der Waals surface area contributed by atoms with Crippen molar-refractivity contribution in [2.45, 2.75) is 20.5 Å². The van der Waals surface area contributed by atoms with E-state index in [9.17, 15) is 5.26 Å². The van der Waals surface area contributed by atoms with Gasteiger partial charge in [0, 0.05) is 5.56 Å². The Kier molecular flexibility index (Phi) is 5.63. The maximum Gasteiger partial charge on any atom is 0.127 e. The van der Waals surface area contributed by atoms with Gasteiger partial charge in [0.05, 0.1) is 11.6 Å².